The molecule has 2 N–H and O–H groups in total. The summed E-state index contributed by atoms with van der Waals surface area (Å²) in [4.78, 5) is 2.23. The van der Waals surface area contributed by atoms with Crippen LogP contribution in [0.25, 0.3) is 0 Å². The number of nitrogens with two attached hydrogens (primary N) is 1. The minimum Gasteiger partial charge on any atom is -0.329 e. The molecule has 62 valence electrons. The summed E-state index contributed by atoms with van der Waals surface area (Å²) in [6.07, 6.45) is 2.26. The van der Waals surface area contributed by atoms with E-state index in [1.54, 1.807) is 0 Å². The normalized spacial score (nSPS) is 12.6. The van der Waals surface area contributed by atoms with E-state index in [2.05, 4.69) is 32.8 Å². The Morgan fingerprint density at radius 1 is 1.20 bits per heavy atom. The topological polar surface area (TPSA) is 29.3 Å². The third-order valence-corrected chi connectivity index (χ3v) is 2.64. The van der Waals surface area contributed by atoms with Gasteiger partial charge >= 0.3 is 0 Å². The standard InChI is InChI=1S/C8H20N2/c1-5-8(6-2,7-9)10(3)4/h5-7,9H2,1-4H3. The maximum atomic E-state index is 5.69. The predicted octanol–water partition coefficient (Wildman–Crippen LogP) is 1.07. The minimum absolute atomic E-state index is 0.236. The molecule has 0 radical (unpaired) electrons. The highest BCUT2D eigenvalue weighted by Crippen LogP contribution is 2.18. The van der Waals surface area contributed by atoms with Gasteiger partial charge < -0.3 is 10.6 Å². The molecule has 0 aromatic heterocycles. The molecular weight excluding hydrogens is 124 g/mol. The lowest BCUT2D eigenvalue weighted by Crippen LogP contribution is -2.49. The van der Waals surface area contributed by atoms with Gasteiger partial charge in [-0.1, -0.05) is 13.8 Å². The lowest BCUT2D eigenvalue weighted by molar-refractivity contribution is 0.148. The molecular formula is C8H20N2. The number of rotatable bonds is 4. The third-order valence-electron chi connectivity index (χ3n) is 2.64. The number of hydrogen-bond acceptors (Lipinski definition) is 2. The highest BCUT2D eigenvalue weighted by molar-refractivity contribution is 4.85. The molecule has 0 unspecified atom stereocenters. The predicted molar refractivity (Wildman–Crippen MR) is 46.1 cm³/mol. The lowest BCUT2D eigenvalue weighted by atomic mass is 9.92. The summed E-state index contributed by atoms with van der Waals surface area (Å²) < 4.78 is 0. The zero-order valence-electron chi connectivity index (χ0n) is 7.65. The van der Waals surface area contributed by atoms with Gasteiger partial charge in [-0.2, -0.15) is 0 Å². The number of hydrogen-bond donors (Lipinski definition) is 1. The molecule has 0 amide bonds. The molecule has 0 heterocycles. The molecule has 0 aromatic rings. The largest absolute Gasteiger partial charge is 0.329 e. The van der Waals surface area contributed by atoms with Crippen LogP contribution in [0.2, 0.25) is 0 Å². The van der Waals surface area contributed by atoms with E-state index in [0.29, 0.717) is 0 Å². The number of likely N-dealkylation sites (N-methyl/N-ethyl adjacent to an activating group) is 1. The van der Waals surface area contributed by atoms with Crippen LogP contribution in [0.4, 0.5) is 0 Å². The van der Waals surface area contributed by atoms with E-state index in [-0.39, 0.29) is 5.54 Å². The average molecular weight is 144 g/mol. The quantitative estimate of drug-likeness (QED) is 0.639. The van der Waals surface area contributed by atoms with E-state index in [4.69, 9.17) is 5.73 Å². The van der Waals surface area contributed by atoms with Crippen molar-refractivity contribution in [3.8, 4) is 0 Å². The van der Waals surface area contributed by atoms with Crippen molar-refractivity contribution in [2.45, 2.75) is 32.2 Å². The van der Waals surface area contributed by atoms with Gasteiger partial charge in [0.25, 0.3) is 0 Å². The zero-order chi connectivity index (χ0) is 8.20. The van der Waals surface area contributed by atoms with Crippen LogP contribution in [0.5, 0.6) is 0 Å². The summed E-state index contributed by atoms with van der Waals surface area (Å²) in [5.74, 6) is 0. The highest BCUT2D eigenvalue weighted by atomic mass is 15.2. The molecule has 0 saturated carbocycles. The van der Waals surface area contributed by atoms with E-state index in [1.807, 2.05) is 0 Å². The summed E-state index contributed by atoms with van der Waals surface area (Å²) in [6.45, 7) is 5.14. The molecule has 0 aliphatic heterocycles. The van der Waals surface area contributed by atoms with E-state index in [1.165, 1.54) is 0 Å². The maximum Gasteiger partial charge on any atom is 0.0320 e. The number of nitrogens with zero attached hydrogens (tertiary/aromatic N) is 1. The first kappa shape index (κ1) is 9.92. The molecule has 2 nitrogen and oxygen atoms in total. The van der Waals surface area contributed by atoms with Gasteiger partial charge in [-0.3, -0.25) is 0 Å². The Labute approximate surface area is 64.4 Å². The fourth-order valence-electron chi connectivity index (χ4n) is 1.35. The Morgan fingerprint density at radius 2 is 1.60 bits per heavy atom. The molecule has 0 aliphatic carbocycles. The molecule has 0 aliphatic rings. The molecule has 0 atom stereocenters. The van der Waals surface area contributed by atoms with Crippen molar-refractivity contribution in [2.75, 3.05) is 20.6 Å². The van der Waals surface area contributed by atoms with Crippen LogP contribution in [0.1, 0.15) is 26.7 Å². The third kappa shape index (κ3) is 1.70. The van der Waals surface area contributed by atoms with Crippen LogP contribution in [0.3, 0.4) is 0 Å². The van der Waals surface area contributed by atoms with Gasteiger partial charge in [-0.25, -0.2) is 0 Å². The molecule has 0 fully saturated rings. The van der Waals surface area contributed by atoms with Crippen LogP contribution < -0.4 is 5.73 Å². The van der Waals surface area contributed by atoms with Gasteiger partial charge in [0.2, 0.25) is 0 Å². The maximum absolute atomic E-state index is 5.69. The minimum atomic E-state index is 0.236. The van der Waals surface area contributed by atoms with Gasteiger partial charge in [0.15, 0.2) is 0 Å². The fourth-order valence-corrected chi connectivity index (χ4v) is 1.35. The molecule has 0 aromatic carbocycles. The van der Waals surface area contributed by atoms with Gasteiger partial charge in [0.1, 0.15) is 0 Å². The Kier molecular flexibility index (Phi) is 3.91. The van der Waals surface area contributed by atoms with Crippen molar-refractivity contribution in [3.63, 3.8) is 0 Å². The fraction of sp³-hybridized carbons (Fsp3) is 1.00. The van der Waals surface area contributed by atoms with Crippen molar-refractivity contribution < 1.29 is 0 Å². The second-order valence-electron chi connectivity index (χ2n) is 3.03. The Bertz CT molecular complexity index is 77.0. The van der Waals surface area contributed by atoms with Crippen molar-refractivity contribution >= 4 is 0 Å². The van der Waals surface area contributed by atoms with Crippen LogP contribution in [-0.4, -0.2) is 31.1 Å². The first-order valence-electron chi connectivity index (χ1n) is 4.00. The lowest BCUT2D eigenvalue weighted by Gasteiger charge is -2.37. The monoisotopic (exact) mass is 144 g/mol. The molecule has 2 heteroatoms. The summed E-state index contributed by atoms with van der Waals surface area (Å²) >= 11 is 0. The second-order valence-corrected chi connectivity index (χ2v) is 3.03. The second kappa shape index (κ2) is 3.94. The first-order chi connectivity index (χ1) is 4.63. The van der Waals surface area contributed by atoms with Crippen LogP contribution in [0, 0.1) is 0 Å². The van der Waals surface area contributed by atoms with Crippen LogP contribution >= 0.6 is 0 Å². The van der Waals surface area contributed by atoms with Crippen molar-refractivity contribution in [1.29, 1.82) is 0 Å². The first-order valence-corrected chi connectivity index (χ1v) is 4.00. The average Bonchev–Trinajstić information content (AvgIpc) is 1.92. The highest BCUT2D eigenvalue weighted by Gasteiger charge is 2.25. The smallest absolute Gasteiger partial charge is 0.0320 e. The Hall–Kier alpha value is -0.0800. The summed E-state index contributed by atoms with van der Waals surface area (Å²) in [5, 5.41) is 0. The van der Waals surface area contributed by atoms with Gasteiger partial charge in [0.05, 0.1) is 0 Å². The van der Waals surface area contributed by atoms with E-state index in [9.17, 15) is 0 Å². The van der Waals surface area contributed by atoms with Crippen molar-refractivity contribution in [1.82, 2.24) is 4.90 Å². The van der Waals surface area contributed by atoms with E-state index >= 15 is 0 Å². The zero-order valence-corrected chi connectivity index (χ0v) is 7.65. The Balaban J connectivity index is 4.15. The van der Waals surface area contributed by atoms with Crippen LogP contribution in [0.15, 0.2) is 0 Å². The summed E-state index contributed by atoms with van der Waals surface area (Å²) in [5.41, 5.74) is 5.92. The SMILES string of the molecule is CCC(CC)(CN)N(C)C. The molecule has 10 heavy (non-hydrogen) atoms. The Morgan fingerprint density at radius 3 is 1.60 bits per heavy atom. The molecule has 0 bridgehead atoms. The molecule has 0 saturated heterocycles. The van der Waals surface area contributed by atoms with Crippen molar-refractivity contribution in [3.05, 3.63) is 0 Å². The molecule has 0 rings (SSSR count). The molecule has 0 spiro atoms. The van der Waals surface area contributed by atoms with Gasteiger partial charge in [-0.05, 0) is 26.9 Å². The van der Waals surface area contributed by atoms with E-state index in [0.717, 1.165) is 19.4 Å². The summed E-state index contributed by atoms with van der Waals surface area (Å²) in [6, 6.07) is 0. The van der Waals surface area contributed by atoms with Gasteiger partial charge in [-0.15, -0.1) is 0 Å². The van der Waals surface area contributed by atoms with Crippen molar-refractivity contribution in [2.24, 2.45) is 5.73 Å². The van der Waals surface area contributed by atoms with Gasteiger partial charge in [0, 0.05) is 12.1 Å². The van der Waals surface area contributed by atoms with E-state index < -0.39 is 0 Å². The summed E-state index contributed by atoms with van der Waals surface area (Å²) in [7, 11) is 4.19. The van der Waals surface area contributed by atoms with Crippen LogP contribution in [-0.2, 0) is 0 Å².